The van der Waals surface area contributed by atoms with E-state index in [0.717, 1.165) is 11.1 Å². The lowest BCUT2D eigenvalue weighted by molar-refractivity contribution is 0.215. The van der Waals surface area contributed by atoms with Crippen LogP contribution in [0.1, 0.15) is 30.9 Å². The fraction of sp³-hybridized carbons (Fsp3) is 0.235. The van der Waals surface area contributed by atoms with Gasteiger partial charge in [0.25, 0.3) is 0 Å². The van der Waals surface area contributed by atoms with Crippen LogP contribution in [0.25, 0.3) is 0 Å². The van der Waals surface area contributed by atoms with E-state index in [4.69, 9.17) is 4.74 Å². The number of anilines is 1. The zero-order valence-electron chi connectivity index (χ0n) is 12.3. The van der Waals surface area contributed by atoms with Gasteiger partial charge in [0.05, 0.1) is 0 Å². The number of ether oxygens (including phenoxy) is 1. The van der Waals surface area contributed by atoms with E-state index in [1.807, 2.05) is 25.1 Å². The number of carbonyl (C=O) groups is 1. The van der Waals surface area contributed by atoms with Crippen molar-refractivity contribution >= 4 is 11.8 Å². The lowest BCUT2D eigenvalue weighted by atomic mass is 10.0. The third-order valence-corrected chi connectivity index (χ3v) is 3.15. The zero-order valence-corrected chi connectivity index (χ0v) is 12.3. The van der Waals surface area contributed by atoms with Crippen LogP contribution in [0.3, 0.4) is 0 Å². The Morgan fingerprint density at radius 1 is 1.19 bits per heavy atom. The molecule has 0 aliphatic heterocycles. The molecule has 1 N–H and O–H groups in total. The van der Waals surface area contributed by atoms with Gasteiger partial charge < -0.3 is 4.74 Å². The number of halogens is 1. The van der Waals surface area contributed by atoms with Crippen LogP contribution < -0.4 is 10.1 Å². The van der Waals surface area contributed by atoms with Crippen LogP contribution in [-0.2, 0) is 0 Å². The molecule has 3 nitrogen and oxygen atoms in total. The molecule has 4 heteroatoms. The summed E-state index contributed by atoms with van der Waals surface area (Å²) in [6, 6.07) is 11.4. The molecular formula is C17H18FNO2. The van der Waals surface area contributed by atoms with E-state index in [2.05, 4.69) is 19.2 Å². The number of aryl methyl sites for hydroxylation is 1. The Hall–Kier alpha value is -2.36. The number of hydrogen-bond acceptors (Lipinski definition) is 2. The molecule has 2 aromatic rings. The molecule has 0 bridgehead atoms. The molecule has 0 saturated heterocycles. The summed E-state index contributed by atoms with van der Waals surface area (Å²) < 4.78 is 18.4. The second-order valence-corrected chi connectivity index (χ2v) is 5.20. The van der Waals surface area contributed by atoms with E-state index in [-0.39, 0.29) is 0 Å². The van der Waals surface area contributed by atoms with Crippen LogP contribution in [0.15, 0.2) is 42.5 Å². The van der Waals surface area contributed by atoms with Crippen LogP contribution in [0.5, 0.6) is 5.75 Å². The number of rotatable bonds is 3. The average molecular weight is 287 g/mol. The minimum atomic E-state index is -0.635. The molecule has 0 spiro atoms. The van der Waals surface area contributed by atoms with Gasteiger partial charge in [0, 0.05) is 5.69 Å². The van der Waals surface area contributed by atoms with E-state index in [1.165, 1.54) is 18.2 Å². The van der Waals surface area contributed by atoms with Gasteiger partial charge in [-0.25, -0.2) is 9.18 Å². The summed E-state index contributed by atoms with van der Waals surface area (Å²) in [6.07, 6.45) is -0.635. The molecule has 2 aromatic carbocycles. The highest BCUT2D eigenvalue weighted by molar-refractivity contribution is 5.86. The molecule has 110 valence electrons. The molecule has 0 saturated carbocycles. The van der Waals surface area contributed by atoms with Gasteiger partial charge in [-0.1, -0.05) is 32.0 Å². The van der Waals surface area contributed by atoms with E-state index >= 15 is 0 Å². The van der Waals surface area contributed by atoms with Crippen LogP contribution in [-0.4, -0.2) is 6.09 Å². The van der Waals surface area contributed by atoms with Gasteiger partial charge in [-0.2, -0.15) is 0 Å². The second-order valence-electron chi connectivity index (χ2n) is 5.20. The molecule has 0 radical (unpaired) electrons. The third-order valence-electron chi connectivity index (χ3n) is 3.15. The Morgan fingerprint density at radius 3 is 2.62 bits per heavy atom. The van der Waals surface area contributed by atoms with Crippen LogP contribution in [0.2, 0.25) is 0 Å². The average Bonchev–Trinajstić information content (AvgIpc) is 2.41. The van der Waals surface area contributed by atoms with Crippen molar-refractivity contribution in [3.63, 3.8) is 0 Å². The predicted octanol–water partition coefficient (Wildman–Crippen LogP) is 4.87. The van der Waals surface area contributed by atoms with Crippen molar-refractivity contribution in [2.45, 2.75) is 26.7 Å². The van der Waals surface area contributed by atoms with Gasteiger partial charge in [-0.15, -0.1) is 0 Å². The minimum absolute atomic E-state index is 0.347. The van der Waals surface area contributed by atoms with Crippen molar-refractivity contribution in [3.8, 4) is 5.75 Å². The van der Waals surface area contributed by atoms with Crippen molar-refractivity contribution in [1.29, 1.82) is 0 Å². The van der Waals surface area contributed by atoms with Crippen molar-refractivity contribution in [1.82, 2.24) is 0 Å². The second kappa shape index (κ2) is 6.39. The van der Waals surface area contributed by atoms with Gasteiger partial charge in [0.15, 0.2) is 0 Å². The first-order valence-electron chi connectivity index (χ1n) is 6.80. The zero-order chi connectivity index (χ0) is 15.4. The Kier molecular flexibility index (Phi) is 4.58. The molecule has 0 heterocycles. The minimum Gasteiger partial charge on any atom is -0.410 e. The Labute approximate surface area is 123 Å². The SMILES string of the molecule is Cc1ccc(C(C)C)cc1OC(=O)Nc1cccc(F)c1. The molecule has 0 aliphatic carbocycles. The maximum atomic E-state index is 13.1. The molecule has 0 aromatic heterocycles. The molecular weight excluding hydrogens is 269 g/mol. The lowest BCUT2D eigenvalue weighted by Crippen LogP contribution is -2.17. The summed E-state index contributed by atoms with van der Waals surface area (Å²) >= 11 is 0. The highest BCUT2D eigenvalue weighted by Gasteiger charge is 2.10. The Balaban J connectivity index is 2.10. The third kappa shape index (κ3) is 4.05. The van der Waals surface area contributed by atoms with Crippen LogP contribution in [0.4, 0.5) is 14.9 Å². The van der Waals surface area contributed by atoms with Crippen molar-refractivity contribution in [2.24, 2.45) is 0 Å². The van der Waals surface area contributed by atoms with E-state index < -0.39 is 11.9 Å². The summed E-state index contributed by atoms with van der Waals surface area (Å²) in [4.78, 5) is 11.9. The molecule has 0 atom stereocenters. The quantitative estimate of drug-likeness (QED) is 0.874. The van der Waals surface area contributed by atoms with Crippen molar-refractivity contribution < 1.29 is 13.9 Å². The number of amides is 1. The van der Waals surface area contributed by atoms with E-state index in [1.54, 1.807) is 6.07 Å². The maximum Gasteiger partial charge on any atom is 0.417 e. The van der Waals surface area contributed by atoms with E-state index in [0.29, 0.717) is 17.4 Å². The normalized spacial score (nSPS) is 10.5. The molecule has 0 unspecified atom stereocenters. The maximum absolute atomic E-state index is 13.1. The first-order valence-corrected chi connectivity index (χ1v) is 6.80. The van der Waals surface area contributed by atoms with Gasteiger partial charge in [0.2, 0.25) is 0 Å². The monoisotopic (exact) mass is 287 g/mol. The lowest BCUT2D eigenvalue weighted by Gasteiger charge is -2.12. The Bertz CT molecular complexity index is 653. The smallest absolute Gasteiger partial charge is 0.410 e. The number of benzene rings is 2. The molecule has 1 amide bonds. The molecule has 2 rings (SSSR count). The predicted molar refractivity (Wildman–Crippen MR) is 81.3 cm³/mol. The highest BCUT2D eigenvalue weighted by Crippen LogP contribution is 2.24. The van der Waals surface area contributed by atoms with Crippen molar-refractivity contribution in [2.75, 3.05) is 5.32 Å². The number of nitrogens with one attached hydrogen (secondary N) is 1. The Morgan fingerprint density at radius 2 is 1.95 bits per heavy atom. The van der Waals surface area contributed by atoms with Crippen LogP contribution >= 0.6 is 0 Å². The van der Waals surface area contributed by atoms with Crippen LogP contribution in [0, 0.1) is 12.7 Å². The van der Waals surface area contributed by atoms with E-state index in [9.17, 15) is 9.18 Å². The summed E-state index contributed by atoms with van der Waals surface area (Å²) in [7, 11) is 0. The number of hydrogen-bond donors (Lipinski definition) is 1. The molecule has 0 fully saturated rings. The van der Waals surface area contributed by atoms with Gasteiger partial charge in [-0.3, -0.25) is 5.32 Å². The van der Waals surface area contributed by atoms with Crippen molar-refractivity contribution in [3.05, 3.63) is 59.4 Å². The van der Waals surface area contributed by atoms with Gasteiger partial charge in [-0.05, 0) is 48.2 Å². The first kappa shape index (κ1) is 15.0. The topological polar surface area (TPSA) is 38.3 Å². The fourth-order valence-electron chi connectivity index (χ4n) is 1.90. The largest absolute Gasteiger partial charge is 0.417 e. The summed E-state index contributed by atoms with van der Waals surface area (Å²) in [5.41, 5.74) is 2.32. The molecule has 21 heavy (non-hydrogen) atoms. The first-order chi connectivity index (χ1) is 9.95. The summed E-state index contributed by atoms with van der Waals surface area (Å²) in [5, 5.41) is 2.51. The van der Waals surface area contributed by atoms with Gasteiger partial charge in [0.1, 0.15) is 11.6 Å². The molecule has 0 aliphatic rings. The standard InChI is InChI=1S/C17H18FNO2/c1-11(2)13-8-7-12(3)16(9-13)21-17(20)19-15-6-4-5-14(18)10-15/h4-11H,1-3H3,(H,19,20). The van der Waals surface area contributed by atoms with Gasteiger partial charge >= 0.3 is 6.09 Å². The summed E-state index contributed by atoms with van der Waals surface area (Å²) in [5.74, 6) is 0.445. The summed E-state index contributed by atoms with van der Waals surface area (Å²) in [6.45, 7) is 6.01. The fourth-order valence-corrected chi connectivity index (χ4v) is 1.90. The highest BCUT2D eigenvalue weighted by atomic mass is 19.1. The number of carbonyl (C=O) groups excluding carboxylic acids is 1.